The monoisotopic (exact) mass is 516 g/mol. The summed E-state index contributed by atoms with van der Waals surface area (Å²) in [4.78, 5) is 27.6. The third kappa shape index (κ3) is 5.40. The van der Waals surface area contributed by atoms with Gasteiger partial charge in [0, 0.05) is 26.8 Å². The second-order valence-electron chi connectivity index (χ2n) is 10.7. The van der Waals surface area contributed by atoms with Crippen LogP contribution in [0.3, 0.4) is 0 Å². The Balaban J connectivity index is 1.30. The highest BCUT2D eigenvalue weighted by molar-refractivity contribution is 6.76. The molecule has 8 heteroatoms. The maximum absolute atomic E-state index is 13.3. The third-order valence-corrected chi connectivity index (χ3v) is 8.42. The zero-order chi connectivity index (χ0) is 26.2. The molecule has 0 aliphatic carbocycles. The molecule has 192 valence electrons. The predicted molar refractivity (Wildman–Crippen MR) is 146 cm³/mol. The average Bonchev–Trinajstić information content (AvgIpc) is 3.29. The van der Waals surface area contributed by atoms with Gasteiger partial charge in [-0.15, -0.1) is 0 Å². The molecule has 1 aliphatic rings. The van der Waals surface area contributed by atoms with Crippen LogP contribution in [0, 0.1) is 0 Å². The lowest BCUT2D eigenvalue weighted by Gasteiger charge is -2.22. The van der Waals surface area contributed by atoms with Crippen molar-refractivity contribution >= 4 is 25.1 Å². The molecule has 0 N–H and O–H groups in total. The number of fused-ring (bicyclic) bond motifs is 2. The Morgan fingerprint density at radius 1 is 0.946 bits per heavy atom. The Labute approximate surface area is 217 Å². The van der Waals surface area contributed by atoms with Gasteiger partial charge in [-0.05, 0) is 60.5 Å². The molecule has 5 rings (SSSR count). The molecule has 0 fully saturated rings. The maximum atomic E-state index is 13.3. The van der Waals surface area contributed by atoms with E-state index in [1.165, 1.54) is 4.57 Å². The molecule has 1 aromatic heterocycles. The van der Waals surface area contributed by atoms with E-state index in [9.17, 15) is 9.59 Å². The molecule has 0 spiro atoms. The summed E-state index contributed by atoms with van der Waals surface area (Å²) in [5, 5.41) is 0. The van der Waals surface area contributed by atoms with Crippen LogP contribution in [-0.4, -0.2) is 30.1 Å². The molecule has 1 amide bonds. The van der Waals surface area contributed by atoms with Gasteiger partial charge < -0.3 is 18.8 Å². The Morgan fingerprint density at radius 2 is 1.73 bits per heavy atom. The Morgan fingerprint density at radius 3 is 2.49 bits per heavy atom. The standard InChI is InChI=1S/C29H32N2O5Si/c1-20-24-12-11-23(35-22-8-6-5-7-9-22)17-25(24)28(32)30(20)18-21-10-13-26-27(16-21)36-29(33)31(26)19-34-14-15-37(2,3)4/h5-13,16-17,20H,14-15,18-19H2,1-4H3. The number of carbonyl (C=O) groups is 1. The number of rotatable bonds is 9. The fourth-order valence-corrected chi connectivity index (χ4v) is 5.30. The van der Waals surface area contributed by atoms with Crippen LogP contribution in [-0.2, 0) is 18.0 Å². The number of oxazole rings is 1. The fourth-order valence-electron chi connectivity index (χ4n) is 4.54. The molecule has 2 heterocycles. The van der Waals surface area contributed by atoms with E-state index in [-0.39, 0.29) is 18.7 Å². The Bertz CT molecular complexity index is 1490. The zero-order valence-electron chi connectivity index (χ0n) is 21.7. The lowest BCUT2D eigenvalue weighted by Crippen LogP contribution is -2.26. The van der Waals surface area contributed by atoms with Crippen molar-refractivity contribution in [2.24, 2.45) is 0 Å². The van der Waals surface area contributed by atoms with Crippen molar-refractivity contribution in [2.45, 2.75) is 51.9 Å². The number of nitrogens with zero attached hydrogens (tertiary/aromatic N) is 2. The van der Waals surface area contributed by atoms with Gasteiger partial charge in [0.25, 0.3) is 5.91 Å². The topological polar surface area (TPSA) is 73.9 Å². The molecule has 1 unspecified atom stereocenters. The number of hydrogen-bond donors (Lipinski definition) is 0. The summed E-state index contributed by atoms with van der Waals surface area (Å²) in [6.07, 6.45) is 0. The summed E-state index contributed by atoms with van der Waals surface area (Å²) in [5.74, 6) is 0.866. The highest BCUT2D eigenvalue weighted by atomic mass is 28.3. The van der Waals surface area contributed by atoms with Crippen molar-refractivity contribution in [3.05, 3.63) is 94.0 Å². The first-order valence-corrected chi connectivity index (χ1v) is 16.3. The van der Waals surface area contributed by atoms with E-state index in [1.54, 1.807) is 0 Å². The Hall–Kier alpha value is -3.62. The second-order valence-corrected chi connectivity index (χ2v) is 16.3. The quantitative estimate of drug-likeness (QED) is 0.190. The number of aromatic nitrogens is 1. The van der Waals surface area contributed by atoms with Crippen LogP contribution in [0.4, 0.5) is 0 Å². The molecule has 3 aromatic carbocycles. The first-order chi connectivity index (χ1) is 17.7. The summed E-state index contributed by atoms with van der Waals surface area (Å²) in [6.45, 7) is 10.1. The van der Waals surface area contributed by atoms with Crippen LogP contribution >= 0.6 is 0 Å². The minimum absolute atomic E-state index is 0.0454. The second kappa shape index (κ2) is 10.0. The van der Waals surface area contributed by atoms with Crippen LogP contribution < -0.4 is 10.5 Å². The molecule has 0 saturated carbocycles. The SMILES string of the molecule is CC1c2ccc(Oc3ccccc3)cc2C(=O)N1Cc1ccc2c(c1)oc(=O)n2COCC[Si](C)(C)C. The van der Waals surface area contributed by atoms with Crippen LogP contribution in [0.1, 0.15) is 34.5 Å². The van der Waals surface area contributed by atoms with Crippen molar-refractivity contribution in [1.29, 1.82) is 0 Å². The van der Waals surface area contributed by atoms with Crippen LogP contribution in [0.25, 0.3) is 11.1 Å². The first-order valence-electron chi connectivity index (χ1n) is 12.6. The van der Waals surface area contributed by atoms with Gasteiger partial charge in [0.05, 0.1) is 11.6 Å². The van der Waals surface area contributed by atoms with Gasteiger partial charge in [0.1, 0.15) is 18.2 Å². The van der Waals surface area contributed by atoms with Crippen LogP contribution in [0.15, 0.2) is 75.9 Å². The van der Waals surface area contributed by atoms with Gasteiger partial charge in [0.2, 0.25) is 0 Å². The average molecular weight is 517 g/mol. The molecule has 37 heavy (non-hydrogen) atoms. The third-order valence-electron chi connectivity index (χ3n) is 6.71. The van der Waals surface area contributed by atoms with Crippen molar-refractivity contribution in [3.8, 4) is 11.5 Å². The molecule has 4 aromatic rings. The van der Waals surface area contributed by atoms with Crippen molar-refractivity contribution in [1.82, 2.24) is 9.47 Å². The predicted octanol–water partition coefficient (Wildman–Crippen LogP) is 6.42. The summed E-state index contributed by atoms with van der Waals surface area (Å²) in [7, 11) is -1.20. The summed E-state index contributed by atoms with van der Waals surface area (Å²) in [5.41, 5.74) is 3.69. The fraction of sp³-hybridized carbons (Fsp3) is 0.310. The molecular formula is C29H32N2O5Si. The van der Waals surface area contributed by atoms with E-state index < -0.39 is 13.8 Å². The van der Waals surface area contributed by atoms with Crippen molar-refractivity contribution in [3.63, 3.8) is 0 Å². The van der Waals surface area contributed by atoms with Gasteiger partial charge in [-0.1, -0.05) is 50.0 Å². The first kappa shape index (κ1) is 25.0. The van der Waals surface area contributed by atoms with Gasteiger partial charge in [-0.3, -0.25) is 4.79 Å². The van der Waals surface area contributed by atoms with E-state index in [2.05, 4.69) is 19.6 Å². The van der Waals surface area contributed by atoms with Gasteiger partial charge >= 0.3 is 5.76 Å². The van der Waals surface area contributed by atoms with E-state index in [0.29, 0.717) is 35.6 Å². The number of carbonyl (C=O) groups excluding carboxylic acids is 1. The molecule has 0 saturated heterocycles. The zero-order valence-corrected chi connectivity index (χ0v) is 22.7. The number of para-hydroxylation sites is 1. The lowest BCUT2D eigenvalue weighted by molar-refractivity contribution is 0.0722. The van der Waals surface area contributed by atoms with E-state index in [0.717, 1.165) is 22.9 Å². The smallest absolute Gasteiger partial charge is 0.421 e. The molecular weight excluding hydrogens is 484 g/mol. The van der Waals surface area contributed by atoms with Gasteiger partial charge in [0.15, 0.2) is 5.58 Å². The maximum Gasteiger partial charge on any atom is 0.421 e. The molecule has 0 bridgehead atoms. The van der Waals surface area contributed by atoms with Crippen molar-refractivity contribution in [2.75, 3.05) is 6.61 Å². The highest BCUT2D eigenvalue weighted by Gasteiger charge is 2.34. The Kier molecular flexibility index (Phi) is 6.79. The van der Waals surface area contributed by atoms with Crippen LogP contribution in [0.2, 0.25) is 25.7 Å². The normalized spacial score (nSPS) is 15.4. The highest BCUT2D eigenvalue weighted by Crippen LogP contribution is 2.37. The lowest BCUT2D eigenvalue weighted by atomic mass is 10.1. The molecule has 0 radical (unpaired) electrons. The molecule has 1 atom stereocenters. The number of amides is 1. The van der Waals surface area contributed by atoms with Gasteiger partial charge in [-0.2, -0.15) is 0 Å². The van der Waals surface area contributed by atoms with Crippen molar-refractivity contribution < 1.29 is 18.7 Å². The molecule has 1 aliphatic heterocycles. The number of hydrogen-bond acceptors (Lipinski definition) is 5. The summed E-state index contributed by atoms with van der Waals surface area (Å²) < 4.78 is 18.7. The minimum Gasteiger partial charge on any atom is -0.457 e. The minimum atomic E-state index is -1.20. The van der Waals surface area contributed by atoms with E-state index in [4.69, 9.17) is 13.9 Å². The van der Waals surface area contributed by atoms with E-state index in [1.807, 2.05) is 78.6 Å². The molecule has 7 nitrogen and oxygen atoms in total. The number of benzene rings is 3. The van der Waals surface area contributed by atoms with Gasteiger partial charge in [-0.25, -0.2) is 9.36 Å². The number of ether oxygens (including phenoxy) is 2. The van der Waals surface area contributed by atoms with Crippen LogP contribution in [0.5, 0.6) is 11.5 Å². The largest absolute Gasteiger partial charge is 0.457 e. The summed E-state index contributed by atoms with van der Waals surface area (Å²) >= 11 is 0. The van der Waals surface area contributed by atoms with E-state index >= 15 is 0 Å². The summed E-state index contributed by atoms with van der Waals surface area (Å²) in [6, 6.07) is 21.8.